The highest BCUT2D eigenvalue weighted by atomic mass is 16.3. The topological polar surface area (TPSA) is 44.0 Å². The van der Waals surface area contributed by atoms with Crippen LogP contribution in [0.25, 0.3) is 0 Å². The van der Waals surface area contributed by atoms with Gasteiger partial charge in [0.2, 0.25) is 0 Å². The fourth-order valence-corrected chi connectivity index (χ4v) is 5.72. The van der Waals surface area contributed by atoms with E-state index in [1.165, 1.54) is 25.7 Å². The summed E-state index contributed by atoms with van der Waals surface area (Å²) in [6.45, 7) is 4.44. The maximum absolute atomic E-state index is 11.6. The molecule has 3 aliphatic carbocycles. The molecule has 3 fully saturated rings. The Morgan fingerprint density at radius 2 is 2.00 bits per heavy atom. The van der Waals surface area contributed by atoms with E-state index in [2.05, 4.69) is 19.9 Å². The fourth-order valence-electron chi connectivity index (χ4n) is 5.72. The molecule has 2 nitrogen and oxygen atoms in total. The second-order valence-corrected chi connectivity index (χ2v) is 7.68. The quantitative estimate of drug-likeness (QED) is 0.819. The molecule has 5 atom stereocenters. The van der Waals surface area contributed by atoms with E-state index in [9.17, 15) is 10.4 Å². The average molecular weight is 261 g/mol. The van der Waals surface area contributed by atoms with Crippen molar-refractivity contribution in [3.63, 3.8) is 0 Å². The largest absolute Gasteiger partial charge is 0.388 e. The highest BCUT2D eigenvalue weighted by Gasteiger charge is 2.64. The van der Waals surface area contributed by atoms with Gasteiger partial charge in [0.1, 0.15) is 0 Å². The minimum Gasteiger partial charge on any atom is -0.388 e. The molecule has 3 aliphatic rings. The molecule has 3 saturated carbocycles. The lowest BCUT2D eigenvalue weighted by Crippen LogP contribution is -2.58. The minimum atomic E-state index is -0.714. The van der Waals surface area contributed by atoms with Gasteiger partial charge in [0.05, 0.1) is 17.1 Å². The number of aliphatic hydroxyl groups is 1. The van der Waals surface area contributed by atoms with Gasteiger partial charge < -0.3 is 5.11 Å². The van der Waals surface area contributed by atoms with E-state index >= 15 is 0 Å². The van der Waals surface area contributed by atoms with E-state index in [0.29, 0.717) is 23.7 Å². The zero-order valence-electron chi connectivity index (χ0n) is 12.4. The van der Waals surface area contributed by atoms with Crippen molar-refractivity contribution in [3.05, 3.63) is 0 Å². The van der Waals surface area contributed by atoms with Crippen molar-refractivity contribution in [2.45, 2.75) is 70.8 Å². The Hall–Kier alpha value is -0.550. The van der Waals surface area contributed by atoms with Crippen LogP contribution < -0.4 is 0 Å². The summed E-state index contributed by atoms with van der Waals surface area (Å²) in [7, 11) is 0. The average Bonchev–Trinajstić information content (AvgIpc) is 2.99. The monoisotopic (exact) mass is 261 g/mol. The third-order valence-corrected chi connectivity index (χ3v) is 6.56. The zero-order valence-corrected chi connectivity index (χ0v) is 12.4. The number of rotatable bonds is 2. The molecule has 0 aromatic heterocycles. The van der Waals surface area contributed by atoms with Gasteiger partial charge >= 0.3 is 0 Å². The van der Waals surface area contributed by atoms with Crippen LogP contribution in [0.2, 0.25) is 0 Å². The van der Waals surface area contributed by atoms with E-state index in [1.54, 1.807) is 0 Å². The molecule has 0 heterocycles. The predicted molar refractivity (Wildman–Crippen MR) is 75.2 cm³/mol. The van der Waals surface area contributed by atoms with Gasteiger partial charge in [0, 0.05) is 0 Å². The van der Waals surface area contributed by atoms with Crippen molar-refractivity contribution in [1.29, 1.82) is 5.26 Å². The highest BCUT2D eigenvalue weighted by molar-refractivity contribution is 5.22. The maximum Gasteiger partial charge on any atom is 0.0893 e. The number of fused-ring (bicyclic) bond motifs is 2. The van der Waals surface area contributed by atoms with Crippen LogP contribution in [0.15, 0.2) is 0 Å². The van der Waals surface area contributed by atoms with Crippen LogP contribution in [0.3, 0.4) is 0 Å². The van der Waals surface area contributed by atoms with Gasteiger partial charge in [-0.1, -0.05) is 33.1 Å². The number of nitrogens with zero attached hydrogens (tertiary/aromatic N) is 1. The summed E-state index contributed by atoms with van der Waals surface area (Å²) < 4.78 is 0. The Kier molecular flexibility index (Phi) is 3.17. The summed E-state index contributed by atoms with van der Waals surface area (Å²) in [5, 5.41) is 21.5. The smallest absolute Gasteiger partial charge is 0.0893 e. The van der Waals surface area contributed by atoms with Crippen LogP contribution in [-0.4, -0.2) is 10.7 Å². The maximum atomic E-state index is 11.6. The van der Waals surface area contributed by atoms with Gasteiger partial charge in [-0.2, -0.15) is 5.26 Å². The SMILES string of the molecule is CC(C)C1CCCCC1(O)C1(C#N)CC2CCC1C2. The molecule has 2 heteroatoms. The van der Waals surface area contributed by atoms with Crippen molar-refractivity contribution in [2.75, 3.05) is 0 Å². The Balaban J connectivity index is 1.99. The summed E-state index contributed by atoms with van der Waals surface area (Å²) in [5.41, 5.74) is -1.14. The summed E-state index contributed by atoms with van der Waals surface area (Å²) in [6.07, 6.45) is 8.90. The van der Waals surface area contributed by atoms with Gasteiger partial charge in [-0.15, -0.1) is 0 Å². The lowest BCUT2D eigenvalue weighted by atomic mass is 9.53. The highest BCUT2D eigenvalue weighted by Crippen LogP contribution is 2.64. The first-order valence-corrected chi connectivity index (χ1v) is 8.17. The molecule has 0 aromatic rings. The molecule has 0 saturated heterocycles. The van der Waals surface area contributed by atoms with Crippen molar-refractivity contribution >= 4 is 0 Å². The summed E-state index contributed by atoms with van der Waals surface area (Å²) in [6, 6.07) is 2.65. The number of nitriles is 1. The van der Waals surface area contributed by atoms with E-state index in [1.807, 2.05) is 0 Å². The van der Waals surface area contributed by atoms with E-state index in [-0.39, 0.29) is 0 Å². The second kappa shape index (κ2) is 4.48. The lowest BCUT2D eigenvalue weighted by molar-refractivity contribution is -0.155. The van der Waals surface area contributed by atoms with Crippen LogP contribution in [-0.2, 0) is 0 Å². The van der Waals surface area contributed by atoms with Gasteiger partial charge in [-0.05, 0) is 55.8 Å². The summed E-state index contributed by atoms with van der Waals surface area (Å²) >= 11 is 0. The molecule has 0 amide bonds. The van der Waals surface area contributed by atoms with Gasteiger partial charge in [0.25, 0.3) is 0 Å². The molecule has 5 unspecified atom stereocenters. The van der Waals surface area contributed by atoms with Gasteiger partial charge in [0.15, 0.2) is 0 Å². The van der Waals surface area contributed by atoms with Crippen LogP contribution >= 0.6 is 0 Å². The third kappa shape index (κ3) is 1.70. The Morgan fingerprint density at radius 3 is 2.53 bits per heavy atom. The van der Waals surface area contributed by atoms with Gasteiger partial charge in [-0.25, -0.2) is 0 Å². The first kappa shape index (κ1) is 13.4. The van der Waals surface area contributed by atoms with E-state index in [4.69, 9.17) is 0 Å². The number of hydrogen-bond donors (Lipinski definition) is 1. The van der Waals surface area contributed by atoms with Crippen molar-refractivity contribution < 1.29 is 5.11 Å². The normalized spacial score (nSPS) is 49.5. The fraction of sp³-hybridized carbons (Fsp3) is 0.941. The molecule has 19 heavy (non-hydrogen) atoms. The summed E-state index contributed by atoms with van der Waals surface area (Å²) in [5.74, 6) is 1.98. The van der Waals surface area contributed by atoms with Crippen LogP contribution in [0.5, 0.6) is 0 Å². The molecule has 0 aromatic carbocycles. The first-order valence-electron chi connectivity index (χ1n) is 8.17. The van der Waals surface area contributed by atoms with Crippen LogP contribution in [0, 0.1) is 40.4 Å². The summed E-state index contributed by atoms with van der Waals surface area (Å²) in [4.78, 5) is 0. The third-order valence-electron chi connectivity index (χ3n) is 6.56. The second-order valence-electron chi connectivity index (χ2n) is 7.68. The van der Waals surface area contributed by atoms with Crippen LogP contribution in [0.1, 0.15) is 65.2 Å². The molecular weight excluding hydrogens is 234 g/mol. The Bertz CT molecular complexity index is 399. The molecule has 0 spiro atoms. The number of hydrogen-bond acceptors (Lipinski definition) is 2. The molecule has 0 radical (unpaired) electrons. The first-order chi connectivity index (χ1) is 9.03. The molecular formula is C17H27NO. The molecule has 3 rings (SSSR count). The van der Waals surface area contributed by atoms with Gasteiger partial charge in [-0.3, -0.25) is 0 Å². The standard InChI is InChI=1S/C17H27NO/c1-12(2)15-5-3-4-8-17(15,19)16(11-18)10-13-6-7-14(16)9-13/h12-15,19H,3-10H2,1-2H3. The van der Waals surface area contributed by atoms with E-state index in [0.717, 1.165) is 25.7 Å². The zero-order chi connectivity index (χ0) is 13.7. The Labute approximate surface area is 117 Å². The molecule has 1 N–H and O–H groups in total. The van der Waals surface area contributed by atoms with Crippen molar-refractivity contribution in [1.82, 2.24) is 0 Å². The predicted octanol–water partition coefficient (Wildman–Crippen LogP) is 3.89. The molecule has 106 valence electrons. The minimum absolute atomic E-state index is 0.320. The van der Waals surface area contributed by atoms with Crippen LogP contribution in [0.4, 0.5) is 0 Å². The molecule has 0 aliphatic heterocycles. The van der Waals surface area contributed by atoms with Crippen molar-refractivity contribution in [2.24, 2.45) is 29.1 Å². The molecule has 2 bridgehead atoms. The Morgan fingerprint density at radius 1 is 1.21 bits per heavy atom. The lowest BCUT2D eigenvalue weighted by Gasteiger charge is -2.53. The van der Waals surface area contributed by atoms with E-state index < -0.39 is 11.0 Å². The van der Waals surface area contributed by atoms with Crippen molar-refractivity contribution in [3.8, 4) is 6.07 Å².